The van der Waals surface area contributed by atoms with E-state index in [9.17, 15) is 31.9 Å². The Labute approximate surface area is 286 Å². The standard InChI is InChI=1S/C27H16Cl6F5N3O3S/c1-9(45-27(36,37)38)23(42)41-22-16(34)4-5-17(21(22)35)40-24(43)12-8-11(2-3-13(12)28)39-25(44)19-18(26(19,32)33)10-6-14(29)20(31)15(30)7-10/h2-9,18-19H,1H3,(H,39,44)(H,40,43)(H,41,42)/t9?,18-,19+/m0/s1. The van der Waals surface area contributed by atoms with E-state index in [0.29, 0.717) is 11.6 Å². The molecule has 240 valence electrons. The lowest BCUT2D eigenvalue weighted by atomic mass is 10.1. The zero-order valence-corrected chi connectivity index (χ0v) is 27.4. The van der Waals surface area contributed by atoms with E-state index >= 15 is 4.39 Å². The Balaban J connectivity index is 1.50. The van der Waals surface area contributed by atoms with Gasteiger partial charge in [-0.25, -0.2) is 8.78 Å². The molecule has 0 heterocycles. The van der Waals surface area contributed by atoms with Crippen LogP contribution in [-0.4, -0.2) is 32.8 Å². The van der Waals surface area contributed by atoms with Crippen LogP contribution < -0.4 is 16.0 Å². The Morgan fingerprint density at radius 1 is 0.889 bits per heavy atom. The van der Waals surface area contributed by atoms with Gasteiger partial charge in [-0.1, -0.05) is 46.4 Å². The number of carbonyl (C=O) groups is 3. The summed E-state index contributed by atoms with van der Waals surface area (Å²) in [6.07, 6.45) is 0. The maximum Gasteiger partial charge on any atom is 0.442 e. The van der Waals surface area contributed by atoms with Gasteiger partial charge in [-0.3, -0.25) is 14.4 Å². The molecule has 1 aliphatic carbocycles. The van der Waals surface area contributed by atoms with Crippen LogP contribution in [0.5, 0.6) is 0 Å². The Kier molecular flexibility index (Phi) is 10.7. The third-order valence-corrected chi connectivity index (χ3v) is 9.75. The van der Waals surface area contributed by atoms with E-state index in [1.807, 2.05) is 0 Å². The molecule has 1 saturated carbocycles. The van der Waals surface area contributed by atoms with Crippen LogP contribution in [-0.2, 0) is 9.59 Å². The predicted octanol–water partition coefficient (Wildman–Crippen LogP) is 9.94. The topological polar surface area (TPSA) is 87.3 Å². The highest BCUT2D eigenvalue weighted by molar-refractivity contribution is 8.01. The van der Waals surface area contributed by atoms with Gasteiger partial charge in [0, 0.05) is 11.6 Å². The number of benzene rings is 3. The number of hydrogen-bond donors (Lipinski definition) is 3. The van der Waals surface area contributed by atoms with E-state index in [-0.39, 0.29) is 31.3 Å². The van der Waals surface area contributed by atoms with Crippen molar-refractivity contribution >= 4 is 116 Å². The van der Waals surface area contributed by atoms with Crippen LogP contribution in [0.2, 0.25) is 20.1 Å². The van der Waals surface area contributed by atoms with E-state index in [1.165, 1.54) is 24.3 Å². The lowest BCUT2D eigenvalue weighted by molar-refractivity contribution is -0.117. The maximum atomic E-state index is 15.1. The lowest BCUT2D eigenvalue weighted by Crippen LogP contribution is -2.26. The van der Waals surface area contributed by atoms with E-state index < -0.39 is 79.4 Å². The molecule has 0 spiro atoms. The van der Waals surface area contributed by atoms with Gasteiger partial charge in [0.15, 0.2) is 5.82 Å². The van der Waals surface area contributed by atoms with E-state index in [4.69, 9.17) is 69.6 Å². The first kappa shape index (κ1) is 35.7. The minimum atomic E-state index is -4.77. The van der Waals surface area contributed by atoms with Gasteiger partial charge in [0.05, 0.1) is 42.5 Å². The van der Waals surface area contributed by atoms with Gasteiger partial charge in [-0.15, -0.1) is 23.2 Å². The van der Waals surface area contributed by atoms with Crippen LogP contribution in [0, 0.1) is 17.6 Å². The van der Waals surface area contributed by atoms with Crippen molar-refractivity contribution in [2.75, 3.05) is 16.0 Å². The second-order valence-corrected chi connectivity index (χ2v) is 14.0. The zero-order chi connectivity index (χ0) is 33.6. The Morgan fingerprint density at radius 3 is 2.11 bits per heavy atom. The summed E-state index contributed by atoms with van der Waals surface area (Å²) in [7, 11) is 0. The molecule has 1 fully saturated rings. The molecule has 1 unspecified atom stereocenters. The van der Waals surface area contributed by atoms with Crippen molar-refractivity contribution in [2.24, 2.45) is 5.92 Å². The van der Waals surface area contributed by atoms with Crippen LogP contribution in [0.4, 0.5) is 39.0 Å². The molecule has 45 heavy (non-hydrogen) atoms. The van der Waals surface area contributed by atoms with Gasteiger partial charge in [0.25, 0.3) is 5.91 Å². The largest absolute Gasteiger partial charge is 0.442 e. The summed E-state index contributed by atoms with van der Waals surface area (Å²) in [5, 5.41) is 5.00. The van der Waals surface area contributed by atoms with Crippen LogP contribution in [0.3, 0.4) is 0 Å². The van der Waals surface area contributed by atoms with Crippen molar-refractivity contribution in [3.63, 3.8) is 0 Å². The van der Waals surface area contributed by atoms with Crippen molar-refractivity contribution in [3.05, 3.63) is 85.3 Å². The van der Waals surface area contributed by atoms with Crippen molar-refractivity contribution in [1.29, 1.82) is 0 Å². The van der Waals surface area contributed by atoms with Crippen LogP contribution >= 0.6 is 81.4 Å². The summed E-state index contributed by atoms with van der Waals surface area (Å²) < 4.78 is 65.7. The average molecular weight is 770 g/mol. The minimum absolute atomic E-state index is 0.0696. The molecule has 3 N–H and O–H groups in total. The quantitative estimate of drug-likeness (QED) is 0.121. The molecule has 0 aromatic heterocycles. The molecule has 0 bridgehead atoms. The van der Waals surface area contributed by atoms with Gasteiger partial charge in [0.2, 0.25) is 11.8 Å². The smallest absolute Gasteiger partial charge is 0.326 e. The van der Waals surface area contributed by atoms with Gasteiger partial charge < -0.3 is 16.0 Å². The van der Waals surface area contributed by atoms with Crippen LogP contribution in [0.15, 0.2) is 42.5 Å². The third kappa shape index (κ3) is 8.04. The number of carbonyl (C=O) groups excluding carboxylic acids is 3. The number of nitrogens with one attached hydrogen (secondary N) is 3. The molecule has 3 amide bonds. The minimum Gasteiger partial charge on any atom is -0.326 e. The lowest BCUT2D eigenvalue weighted by Gasteiger charge is -2.16. The summed E-state index contributed by atoms with van der Waals surface area (Å²) in [5.41, 5.74) is -6.21. The van der Waals surface area contributed by atoms with Crippen molar-refractivity contribution in [2.45, 2.75) is 27.9 Å². The number of hydrogen-bond acceptors (Lipinski definition) is 4. The fourth-order valence-electron chi connectivity index (χ4n) is 4.25. The number of anilines is 3. The molecule has 18 heteroatoms. The molecule has 3 aromatic rings. The van der Waals surface area contributed by atoms with E-state index in [2.05, 4.69) is 10.6 Å². The van der Waals surface area contributed by atoms with Crippen molar-refractivity contribution in [3.8, 4) is 0 Å². The van der Waals surface area contributed by atoms with Crippen molar-refractivity contribution in [1.82, 2.24) is 0 Å². The second-order valence-electron chi connectivity index (χ2n) is 9.55. The monoisotopic (exact) mass is 767 g/mol. The van der Waals surface area contributed by atoms with Crippen molar-refractivity contribution < 1.29 is 36.3 Å². The van der Waals surface area contributed by atoms with Crippen LogP contribution in [0.1, 0.15) is 28.8 Å². The highest BCUT2D eigenvalue weighted by Gasteiger charge is 2.67. The highest BCUT2D eigenvalue weighted by atomic mass is 35.5. The van der Waals surface area contributed by atoms with Gasteiger partial charge in [0.1, 0.15) is 15.8 Å². The second kappa shape index (κ2) is 13.5. The summed E-state index contributed by atoms with van der Waals surface area (Å²) in [6.45, 7) is 0.898. The predicted molar refractivity (Wildman–Crippen MR) is 168 cm³/mol. The van der Waals surface area contributed by atoms with E-state index in [0.717, 1.165) is 19.1 Å². The summed E-state index contributed by atoms with van der Waals surface area (Å²) >= 11 is 36.4. The molecule has 0 aliphatic heterocycles. The molecule has 3 aromatic carbocycles. The van der Waals surface area contributed by atoms with Gasteiger partial charge >= 0.3 is 5.51 Å². The molecule has 3 atom stereocenters. The Bertz CT molecular complexity index is 1690. The molecule has 4 rings (SSSR count). The SMILES string of the molecule is CC(SC(F)(F)F)C(=O)Nc1c(F)ccc(NC(=O)c2cc(NC(=O)[C@H]3[C@H](c4cc(Cl)c(Cl)c(Cl)c4)C3(Cl)Cl)ccc2Cl)c1F. The number of thioether (sulfide) groups is 1. The number of rotatable bonds is 8. The fraction of sp³-hybridized carbons (Fsp3) is 0.222. The summed E-state index contributed by atoms with van der Waals surface area (Å²) in [4.78, 5) is 38.2. The number of amides is 3. The first-order chi connectivity index (χ1) is 20.8. The first-order valence-electron chi connectivity index (χ1n) is 12.3. The molecular weight excluding hydrogens is 754 g/mol. The molecular formula is C27H16Cl6F5N3O3S. The Hall–Kier alpha value is -2.19. The third-order valence-electron chi connectivity index (χ3n) is 6.45. The first-order valence-corrected chi connectivity index (χ1v) is 15.4. The van der Waals surface area contributed by atoms with E-state index in [1.54, 1.807) is 5.32 Å². The summed E-state index contributed by atoms with van der Waals surface area (Å²) in [6, 6.07) is 8.25. The number of alkyl halides is 5. The average Bonchev–Trinajstić information content (AvgIpc) is 3.52. The number of halogens is 11. The fourth-order valence-corrected chi connectivity index (χ4v) is 6.46. The zero-order valence-electron chi connectivity index (χ0n) is 22.1. The molecule has 0 saturated heterocycles. The molecule has 0 radical (unpaired) electrons. The molecule has 6 nitrogen and oxygen atoms in total. The highest BCUT2D eigenvalue weighted by Crippen LogP contribution is 2.65. The summed E-state index contributed by atoms with van der Waals surface area (Å²) in [5.74, 6) is -7.44. The molecule has 1 aliphatic rings. The Morgan fingerprint density at radius 2 is 1.51 bits per heavy atom. The van der Waals surface area contributed by atoms with Gasteiger partial charge in [-0.05, 0) is 66.7 Å². The maximum absolute atomic E-state index is 15.1. The normalized spacial score (nSPS) is 17.8. The van der Waals surface area contributed by atoms with Crippen LogP contribution in [0.25, 0.3) is 0 Å². The van der Waals surface area contributed by atoms with Gasteiger partial charge in [-0.2, -0.15) is 13.2 Å².